The topological polar surface area (TPSA) is 41.1 Å². The third kappa shape index (κ3) is 3.77. The van der Waals surface area contributed by atoms with Crippen LogP contribution in [0.25, 0.3) is 0 Å². The molecule has 0 fully saturated rings. The molecule has 2 rings (SSSR count). The molecule has 23 heavy (non-hydrogen) atoms. The van der Waals surface area contributed by atoms with Crippen LogP contribution in [0.15, 0.2) is 30.3 Å². The first kappa shape index (κ1) is 16.7. The minimum Gasteiger partial charge on any atom is -0.293 e. The molecule has 0 bridgehead atoms. The number of hydrogen-bond acceptors (Lipinski definition) is 2. The number of rotatable bonds is 5. The van der Waals surface area contributed by atoms with Crippen LogP contribution in [0.4, 0.5) is 27.6 Å². The molecule has 0 saturated carbocycles. The first-order valence-electron chi connectivity index (χ1n) is 6.52. The van der Waals surface area contributed by atoms with Gasteiger partial charge in [-0.1, -0.05) is 30.3 Å². The number of carbonyl (C=O) groups is 1. The minimum atomic E-state index is -2.26. The molecule has 0 atom stereocenters. The van der Waals surface area contributed by atoms with Gasteiger partial charge in [0.05, 0.1) is 0 Å². The van der Waals surface area contributed by atoms with E-state index in [1.54, 1.807) is 35.8 Å². The monoisotopic (exact) mass is 330 g/mol. The van der Waals surface area contributed by atoms with E-state index in [1.807, 2.05) is 5.43 Å². The SMILES string of the molecule is O=C(CCc1ccccc1)NNc1c(F)c(F)c(F)c(F)c1F. The Morgan fingerprint density at radius 3 is 1.91 bits per heavy atom. The summed E-state index contributed by atoms with van der Waals surface area (Å²) in [4.78, 5) is 11.6. The van der Waals surface area contributed by atoms with Crippen molar-refractivity contribution in [2.24, 2.45) is 0 Å². The van der Waals surface area contributed by atoms with Crippen LogP contribution in [-0.4, -0.2) is 5.91 Å². The summed E-state index contributed by atoms with van der Waals surface area (Å²) in [5.41, 5.74) is 3.18. The highest BCUT2D eigenvalue weighted by Gasteiger charge is 2.25. The second kappa shape index (κ2) is 7.08. The van der Waals surface area contributed by atoms with E-state index in [2.05, 4.69) is 0 Å². The lowest BCUT2D eigenvalue weighted by Gasteiger charge is -2.11. The predicted octanol–water partition coefficient (Wildman–Crippen LogP) is 3.46. The fourth-order valence-electron chi connectivity index (χ4n) is 1.81. The maximum absolute atomic E-state index is 13.4. The lowest BCUT2D eigenvalue weighted by molar-refractivity contribution is -0.120. The van der Waals surface area contributed by atoms with Gasteiger partial charge in [-0.2, -0.15) is 0 Å². The van der Waals surface area contributed by atoms with Crippen molar-refractivity contribution in [3.05, 3.63) is 65.0 Å². The number of hydrogen-bond donors (Lipinski definition) is 2. The molecule has 8 heteroatoms. The van der Waals surface area contributed by atoms with Gasteiger partial charge in [0.1, 0.15) is 5.69 Å². The van der Waals surface area contributed by atoms with Crippen molar-refractivity contribution in [3.8, 4) is 0 Å². The average Bonchev–Trinajstić information content (AvgIpc) is 2.57. The van der Waals surface area contributed by atoms with Gasteiger partial charge in [0.15, 0.2) is 23.3 Å². The zero-order valence-electron chi connectivity index (χ0n) is 11.6. The van der Waals surface area contributed by atoms with Gasteiger partial charge in [0.25, 0.3) is 0 Å². The molecule has 0 aliphatic carbocycles. The molecule has 2 N–H and O–H groups in total. The average molecular weight is 330 g/mol. The molecule has 0 unspecified atom stereocenters. The van der Waals surface area contributed by atoms with Crippen molar-refractivity contribution in [2.45, 2.75) is 12.8 Å². The zero-order chi connectivity index (χ0) is 17.0. The van der Waals surface area contributed by atoms with E-state index >= 15 is 0 Å². The Bertz CT molecular complexity index is 693. The lowest BCUT2D eigenvalue weighted by atomic mass is 10.1. The van der Waals surface area contributed by atoms with Crippen molar-refractivity contribution >= 4 is 11.6 Å². The summed E-state index contributed by atoms with van der Waals surface area (Å²) in [7, 11) is 0. The highest BCUT2D eigenvalue weighted by Crippen LogP contribution is 2.26. The number of aryl methyl sites for hydroxylation is 1. The normalized spacial score (nSPS) is 10.5. The lowest BCUT2D eigenvalue weighted by Crippen LogP contribution is -2.31. The van der Waals surface area contributed by atoms with Gasteiger partial charge >= 0.3 is 0 Å². The molecule has 0 radical (unpaired) electrons. The molecule has 0 saturated heterocycles. The number of hydrazine groups is 1. The van der Waals surface area contributed by atoms with Crippen LogP contribution >= 0.6 is 0 Å². The van der Waals surface area contributed by atoms with Crippen LogP contribution in [0.5, 0.6) is 0 Å². The number of benzene rings is 2. The van der Waals surface area contributed by atoms with Gasteiger partial charge in [0, 0.05) is 6.42 Å². The van der Waals surface area contributed by atoms with Gasteiger partial charge in [-0.05, 0) is 12.0 Å². The highest BCUT2D eigenvalue weighted by atomic mass is 19.2. The second-order valence-corrected chi connectivity index (χ2v) is 4.60. The van der Waals surface area contributed by atoms with Crippen LogP contribution in [-0.2, 0) is 11.2 Å². The van der Waals surface area contributed by atoms with E-state index in [0.29, 0.717) is 6.42 Å². The van der Waals surface area contributed by atoms with Crippen LogP contribution in [0.3, 0.4) is 0 Å². The van der Waals surface area contributed by atoms with E-state index < -0.39 is 40.7 Å². The van der Waals surface area contributed by atoms with Gasteiger partial charge in [-0.25, -0.2) is 22.0 Å². The number of amides is 1. The molecule has 0 heterocycles. The Hall–Kier alpha value is -2.64. The third-order valence-corrected chi connectivity index (χ3v) is 3.02. The van der Waals surface area contributed by atoms with Gasteiger partial charge in [0.2, 0.25) is 11.7 Å². The first-order chi connectivity index (χ1) is 10.9. The summed E-state index contributed by atoms with van der Waals surface area (Å²) in [6.45, 7) is 0. The number of carbonyl (C=O) groups excluding carboxylic acids is 1. The predicted molar refractivity (Wildman–Crippen MR) is 72.8 cm³/mol. The fourth-order valence-corrected chi connectivity index (χ4v) is 1.81. The molecular formula is C15H11F5N2O. The van der Waals surface area contributed by atoms with Gasteiger partial charge in [-0.15, -0.1) is 0 Å². The maximum atomic E-state index is 13.4. The Balaban J connectivity index is 2.00. The Kier molecular flexibility index (Phi) is 5.15. The largest absolute Gasteiger partial charge is 0.293 e. The third-order valence-electron chi connectivity index (χ3n) is 3.02. The van der Waals surface area contributed by atoms with Gasteiger partial charge in [-0.3, -0.25) is 15.6 Å². The summed E-state index contributed by atoms with van der Waals surface area (Å²) in [5, 5.41) is 0. The van der Waals surface area contributed by atoms with E-state index in [-0.39, 0.29) is 6.42 Å². The van der Waals surface area contributed by atoms with Crippen molar-refractivity contribution in [1.82, 2.24) is 5.43 Å². The van der Waals surface area contributed by atoms with Crippen LogP contribution in [0.2, 0.25) is 0 Å². The Labute approximate surface area is 128 Å². The molecular weight excluding hydrogens is 319 g/mol. The van der Waals surface area contributed by atoms with E-state index in [9.17, 15) is 26.7 Å². The number of nitrogens with one attached hydrogen (secondary N) is 2. The molecule has 0 aliphatic heterocycles. The van der Waals surface area contributed by atoms with Crippen molar-refractivity contribution in [1.29, 1.82) is 0 Å². The fraction of sp³-hybridized carbons (Fsp3) is 0.133. The summed E-state index contributed by atoms with van der Waals surface area (Å²) in [6, 6.07) is 8.92. The Morgan fingerprint density at radius 1 is 0.826 bits per heavy atom. The van der Waals surface area contributed by atoms with Gasteiger partial charge < -0.3 is 0 Å². The maximum Gasteiger partial charge on any atom is 0.238 e. The standard InChI is InChI=1S/C15H11F5N2O/c16-10-11(17)13(19)15(14(20)12(10)18)22-21-9(23)7-6-8-4-2-1-3-5-8/h1-5,22H,6-7H2,(H,21,23). The van der Waals surface area contributed by atoms with Crippen molar-refractivity contribution in [2.75, 3.05) is 5.43 Å². The quantitative estimate of drug-likeness (QED) is 0.382. The van der Waals surface area contributed by atoms with E-state index in [1.165, 1.54) is 0 Å². The smallest absolute Gasteiger partial charge is 0.238 e. The summed E-state index contributed by atoms with van der Waals surface area (Å²) >= 11 is 0. The number of halogens is 5. The molecule has 0 aromatic heterocycles. The van der Waals surface area contributed by atoms with Crippen LogP contribution in [0, 0.1) is 29.1 Å². The summed E-state index contributed by atoms with van der Waals surface area (Å²) < 4.78 is 65.6. The first-order valence-corrected chi connectivity index (χ1v) is 6.52. The Morgan fingerprint density at radius 2 is 1.35 bits per heavy atom. The molecule has 122 valence electrons. The van der Waals surface area contributed by atoms with E-state index in [0.717, 1.165) is 5.56 Å². The molecule has 0 spiro atoms. The zero-order valence-corrected chi connectivity index (χ0v) is 11.6. The van der Waals surface area contributed by atoms with E-state index in [4.69, 9.17) is 0 Å². The number of anilines is 1. The highest BCUT2D eigenvalue weighted by molar-refractivity contribution is 5.77. The van der Waals surface area contributed by atoms with Crippen molar-refractivity contribution in [3.63, 3.8) is 0 Å². The molecule has 2 aromatic rings. The molecule has 1 amide bonds. The van der Waals surface area contributed by atoms with Crippen molar-refractivity contribution < 1.29 is 26.7 Å². The summed E-state index contributed by atoms with van der Waals surface area (Å²) in [5.74, 6) is -11.2. The molecule has 3 nitrogen and oxygen atoms in total. The van der Waals surface area contributed by atoms with Crippen LogP contribution < -0.4 is 10.9 Å². The summed E-state index contributed by atoms with van der Waals surface area (Å²) in [6.07, 6.45) is 0.317. The molecule has 0 aliphatic rings. The second-order valence-electron chi connectivity index (χ2n) is 4.60. The minimum absolute atomic E-state index is 0.0353. The van der Waals surface area contributed by atoms with Crippen LogP contribution in [0.1, 0.15) is 12.0 Å². The molecule has 2 aromatic carbocycles.